The molecule has 0 aliphatic heterocycles. The van der Waals surface area contributed by atoms with E-state index in [1.54, 1.807) is 0 Å². The Labute approximate surface area is 130 Å². The lowest BCUT2D eigenvalue weighted by atomic mass is 9.95. The Balaban J connectivity index is 1.94. The predicted octanol–water partition coefficient (Wildman–Crippen LogP) is 4.22. The summed E-state index contributed by atoms with van der Waals surface area (Å²) in [6.07, 6.45) is 5.46. The molecule has 2 heterocycles. The lowest BCUT2D eigenvalue weighted by Crippen LogP contribution is -2.20. The molecule has 2 saturated carbocycles. The molecule has 2 aromatic rings. The Kier molecular flexibility index (Phi) is 3.07. The van der Waals surface area contributed by atoms with E-state index in [2.05, 4.69) is 28.2 Å². The molecule has 0 amide bonds. The Morgan fingerprint density at radius 2 is 2.14 bits per heavy atom. The third-order valence-corrected chi connectivity index (χ3v) is 5.65. The second-order valence-corrected chi connectivity index (χ2v) is 7.43. The Morgan fingerprint density at radius 3 is 2.71 bits per heavy atom. The van der Waals surface area contributed by atoms with Gasteiger partial charge in [0.2, 0.25) is 0 Å². The summed E-state index contributed by atoms with van der Waals surface area (Å²) in [6.45, 7) is 7.11. The number of nitrogens with zero attached hydrogens (tertiary/aromatic N) is 4. The highest BCUT2D eigenvalue weighted by molar-refractivity contribution is 6.20. The summed E-state index contributed by atoms with van der Waals surface area (Å²) in [4.78, 5) is 4.86. The Morgan fingerprint density at radius 1 is 1.33 bits per heavy atom. The normalized spacial score (nSPS) is 29.6. The highest BCUT2D eigenvalue weighted by Gasteiger charge is 2.42. The molecule has 4 unspecified atom stereocenters. The van der Waals surface area contributed by atoms with E-state index in [0.29, 0.717) is 6.04 Å². The van der Waals surface area contributed by atoms with Crippen LogP contribution in [0.5, 0.6) is 0 Å². The van der Waals surface area contributed by atoms with E-state index in [-0.39, 0.29) is 5.38 Å². The molecule has 2 aromatic heterocycles. The molecule has 0 saturated heterocycles. The van der Waals surface area contributed by atoms with Gasteiger partial charge in [0.25, 0.3) is 0 Å². The quantitative estimate of drug-likeness (QED) is 0.796. The van der Waals surface area contributed by atoms with Crippen molar-refractivity contribution in [3.05, 3.63) is 11.5 Å². The van der Waals surface area contributed by atoms with Gasteiger partial charge in [-0.15, -0.1) is 11.6 Å². The van der Waals surface area contributed by atoms with Crippen molar-refractivity contribution in [3.63, 3.8) is 0 Å². The zero-order valence-corrected chi connectivity index (χ0v) is 13.8. The van der Waals surface area contributed by atoms with Gasteiger partial charge in [0.15, 0.2) is 5.65 Å². The summed E-state index contributed by atoms with van der Waals surface area (Å²) in [5, 5.41) is 4.60. The molecule has 114 valence electrons. The van der Waals surface area contributed by atoms with Gasteiger partial charge in [-0.25, -0.2) is 9.67 Å². The first kappa shape index (κ1) is 13.6. The van der Waals surface area contributed by atoms with E-state index < -0.39 is 0 Å². The van der Waals surface area contributed by atoms with Gasteiger partial charge < -0.3 is 4.57 Å². The van der Waals surface area contributed by atoms with Crippen LogP contribution >= 0.6 is 11.6 Å². The standard InChI is InChI=1S/C16H23ClN4/c1-4-20-16-14(10(3)19-20)18-15(9(2)17)21(16)13-8-11-5-6-12(13)7-11/h9,11-13H,4-8H2,1-3H3. The van der Waals surface area contributed by atoms with Gasteiger partial charge in [-0.2, -0.15) is 5.10 Å². The summed E-state index contributed by atoms with van der Waals surface area (Å²) in [7, 11) is 0. The second-order valence-electron chi connectivity index (χ2n) is 6.77. The first-order valence-electron chi connectivity index (χ1n) is 8.19. The average molecular weight is 307 g/mol. The van der Waals surface area contributed by atoms with Gasteiger partial charge in [0.1, 0.15) is 11.3 Å². The number of halogens is 1. The largest absolute Gasteiger partial charge is 0.308 e. The first-order valence-corrected chi connectivity index (χ1v) is 8.63. The molecule has 0 N–H and O–H groups in total. The maximum absolute atomic E-state index is 6.45. The molecule has 0 radical (unpaired) electrons. The van der Waals surface area contributed by atoms with Gasteiger partial charge in [-0.1, -0.05) is 6.42 Å². The number of alkyl halides is 1. The first-order chi connectivity index (χ1) is 10.1. The van der Waals surface area contributed by atoms with Crippen molar-refractivity contribution in [1.82, 2.24) is 19.3 Å². The SMILES string of the molecule is CCn1nc(C)c2nc(C(C)Cl)n(C3CC4CCC3C4)c21. The Hall–Kier alpha value is -1.03. The lowest BCUT2D eigenvalue weighted by Gasteiger charge is -2.26. The van der Waals surface area contributed by atoms with Crippen molar-refractivity contribution in [2.75, 3.05) is 0 Å². The molecule has 0 spiro atoms. The van der Waals surface area contributed by atoms with E-state index in [4.69, 9.17) is 16.6 Å². The van der Waals surface area contributed by atoms with Crippen LogP contribution < -0.4 is 0 Å². The number of hydrogen-bond acceptors (Lipinski definition) is 2. The third kappa shape index (κ3) is 1.88. The number of hydrogen-bond donors (Lipinski definition) is 0. The fourth-order valence-corrected chi connectivity index (χ4v) is 4.72. The average Bonchev–Trinajstić information content (AvgIpc) is 3.18. The second kappa shape index (κ2) is 4.73. The van der Waals surface area contributed by atoms with Crippen molar-refractivity contribution >= 4 is 22.8 Å². The number of aryl methyl sites for hydroxylation is 2. The summed E-state index contributed by atoms with van der Waals surface area (Å²) in [6, 6.07) is 0.575. The minimum Gasteiger partial charge on any atom is -0.308 e. The van der Waals surface area contributed by atoms with Gasteiger partial charge in [-0.3, -0.25) is 0 Å². The van der Waals surface area contributed by atoms with E-state index in [1.807, 2.05) is 6.92 Å². The zero-order valence-electron chi connectivity index (χ0n) is 13.0. The van der Waals surface area contributed by atoms with Crippen molar-refractivity contribution in [2.24, 2.45) is 11.8 Å². The predicted molar refractivity (Wildman–Crippen MR) is 84.7 cm³/mol. The molecule has 21 heavy (non-hydrogen) atoms. The van der Waals surface area contributed by atoms with Crippen LogP contribution in [0.25, 0.3) is 11.2 Å². The molecule has 2 aliphatic rings. The van der Waals surface area contributed by atoms with Crippen LogP contribution in [-0.2, 0) is 6.54 Å². The number of fused-ring (bicyclic) bond motifs is 3. The van der Waals surface area contributed by atoms with Crippen LogP contribution in [0, 0.1) is 18.8 Å². The minimum atomic E-state index is -0.0544. The molecule has 2 bridgehead atoms. The van der Waals surface area contributed by atoms with E-state index in [0.717, 1.165) is 35.4 Å². The summed E-state index contributed by atoms with van der Waals surface area (Å²) >= 11 is 6.45. The molecule has 5 heteroatoms. The van der Waals surface area contributed by atoms with Crippen LogP contribution in [0.3, 0.4) is 0 Å². The topological polar surface area (TPSA) is 35.6 Å². The molecule has 4 atom stereocenters. The van der Waals surface area contributed by atoms with E-state index >= 15 is 0 Å². The third-order valence-electron chi connectivity index (χ3n) is 5.46. The fourth-order valence-electron chi connectivity index (χ4n) is 4.56. The summed E-state index contributed by atoms with van der Waals surface area (Å²) in [5.74, 6) is 2.75. The number of imidazole rings is 1. The highest BCUT2D eigenvalue weighted by Crippen LogP contribution is 2.52. The highest BCUT2D eigenvalue weighted by atomic mass is 35.5. The van der Waals surface area contributed by atoms with Gasteiger partial charge in [0.05, 0.1) is 11.1 Å². The van der Waals surface area contributed by atoms with Crippen molar-refractivity contribution in [3.8, 4) is 0 Å². The van der Waals surface area contributed by atoms with E-state index in [9.17, 15) is 0 Å². The minimum absolute atomic E-state index is 0.0544. The molecular formula is C16H23ClN4. The summed E-state index contributed by atoms with van der Waals surface area (Å²) in [5.41, 5.74) is 3.25. The van der Waals surface area contributed by atoms with Crippen LogP contribution in [0.2, 0.25) is 0 Å². The Bertz CT molecular complexity index is 684. The van der Waals surface area contributed by atoms with Crippen LogP contribution in [0.15, 0.2) is 0 Å². The van der Waals surface area contributed by atoms with Gasteiger partial charge in [0, 0.05) is 12.6 Å². The molecular weight excluding hydrogens is 284 g/mol. The fraction of sp³-hybridized carbons (Fsp3) is 0.750. The summed E-state index contributed by atoms with van der Waals surface area (Å²) < 4.78 is 4.55. The zero-order chi connectivity index (χ0) is 14.7. The maximum atomic E-state index is 6.45. The molecule has 0 aromatic carbocycles. The van der Waals surface area contributed by atoms with Crippen LogP contribution in [0.1, 0.15) is 62.5 Å². The van der Waals surface area contributed by atoms with Crippen LogP contribution in [-0.4, -0.2) is 19.3 Å². The lowest BCUT2D eigenvalue weighted by molar-refractivity contribution is 0.325. The monoisotopic (exact) mass is 306 g/mol. The van der Waals surface area contributed by atoms with Crippen molar-refractivity contribution < 1.29 is 0 Å². The number of aromatic nitrogens is 4. The molecule has 2 aliphatic carbocycles. The smallest absolute Gasteiger partial charge is 0.159 e. The molecule has 4 rings (SSSR count). The van der Waals surface area contributed by atoms with Crippen molar-refractivity contribution in [2.45, 2.75) is 64.4 Å². The molecule has 4 nitrogen and oxygen atoms in total. The number of rotatable bonds is 3. The molecule has 2 fully saturated rings. The van der Waals surface area contributed by atoms with Crippen molar-refractivity contribution in [1.29, 1.82) is 0 Å². The van der Waals surface area contributed by atoms with Crippen LogP contribution in [0.4, 0.5) is 0 Å². The maximum Gasteiger partial charge on any atom is 0.159 e. The van der Waals surface area contributed by atoms with E-state index in [1.165, 1.54) is 31.3 Å². The van der Waals surface area contributed by atoms with Gasteiger partial charge in [-0.05, 0) is 51.9 Å². The van der Waals surface area contributed by atoms with Gasteiger partial charge >= 0.3 is 0 Å².